The SMILES string of the molecule is O=C1C(=O)N(c2nccs2)[C@@H](c2ccc([N+](=O)[O-])cc2)C1=C(O)c1ccccc1. The minimum atomic E-state index is -0.956. The standard InChI is InChI=1S/C20H13N3O5S/c24-17(13-4-2-1-3-5-13)15-16(12-6-8-14(9-7-12)23(27)28)22(19(26)18(15)25)20-21-10-11-29-20/h1-11,16,24H/t16-/m0/s1. The number of Topliss-reactive ketones (excluding diaryl/α,β-unsaturated/α-hetero) is 1. The monoisotopic (exact) mass is 407 g/mol. The van der Waals surface area contributed by atoms with E-state index in [9.17, 15) is 24.8 Å². The van der Waals surface area contributed by atoms with E-state index in [1.54, 1.807) is 35.7 Å². The molecule has 0 radical (unpaired) electrons. The summed E-state index contributed by atoms with van der Waals surface area (Å²) in [5, 5.41) is 23.8. The van der Waals surface area contributed by atoms with E-state index >= 15 is 0 Å². The molecule has 9 heteroatoms. The number of non-ortho nitro benzene ring substituents is 1. The fourth-order valence-electron chi connectivity index (χ4n) is 3.21. The highest BCUT2D eigenvalue weighted by Gasteiger charge is 2.48. The molecule has 1 aromatic heterocycles. The highest BCUT2D eigenvalue weighted by Crippen LogP contribution is 2.42. The number of amides is 1. The van der Waals surface area contributed by atoms with Crippen molar-refractivity contribution in [3.05, 3.63) is 93.0 Å². The number of ketones is 1. The maximum atomic E-state index is 12.8. The highest BCUT2D eigenvalue weighted by molar-refractivity contribution is 7.14. The first-order valence-electron chi connectivity index (χ1n) is 8.49. The molecule has 144 valence electrons. The molecule has 1 saturated heterocycles. The number of hydrogen-bond acceptors (Lipinski definition) is 7. The third-order valence-corrected chi connectivity index (χ3v) is 5.31. The zero-order chi connectivity index (χ0) is 20.5. The lowest BCUT2D eigenvalue weighted by atomic mass is 9.95. The fourth-order valence-corrected chi connectivity index (χ4v) is 3.88. The Labute approximate surface area is 168 Å². The van der Waals surface area contributed by atoms with Crippen LogP contribution in [-0.4, -0.2) is 26.7 Å². The number of benzene rings is 2. The summed E-state index contributed by atoms with van der Waals surface area (Å²) in [5.41, 5.74) is 0.618. The van der Waals surface area contributed by atoms with Crippen LogP contribution < -0.4 is 4.90 Å². The van der Waals surface area contributed by atoms with Crippen molar-refractivity contribution < 1.29 is 19.6 Å². The number of aliphatic hydroxyl groups excluding tert-OH is 1. The van der Waals surface area contributed by atoms with E-state index in [4.69, 9.17) is 0 Å². The number of aliphatic hydroxyl groups is 1. The molecule has 2 heterocycles. The molecule has 8 nitrogen and oxygen atoms in total. The zero-order valence-electron chi connectivity index (χ0n) is 14.8. The van der Waals surface area contributed by atoms with E-state index < -0.39 is 22.7 Å². The van der Waals surface area contributed by atoms with E-state index in [-0.39, 0.29) is 17.0 Å². The summed E-state index contributed by atoms with van der Waals surface area (Å²) in [6.45, 7) is 0. The molecule has 1 fully saturated rings. The first kappa shape index (κ1) is 18.5. The topological polar surface area (TPSA) is 114 Å². The molecule has 1 aliphatic heterocycles. The van der Waals surface area contributed by atoms with Crippen LogP contribution in [0.1, 0.15) is 17.2 Å². The number of hydrogen-bond donors (Lipinski definition) is 1. The van der Waals surface area contributed by atoms with Crippen molar-refractivity contribution in [1.82, 2.24) is 4.98 Å². The number of carbonyl (C=O) groups is 2. The van der Waals surface area contributed by atoms with Gasteiger partial charge in [-0.05, 0) is 17.7 Å². The van der Waals surface area contributed by atoms with Gasteiger partial charge in [0.15, 0.2) is 5.13 Å². The molecule has 0 aliphatic carbocycles. The molecule has 0 unspecified atom stereocenters. The number of aromatic nitrogens is 1. The van der Waals surface area contributed by atoms with Gasteiger partial charge >= 0.3 is 5.91 Å². The average Bonchev–Trinajstić information content (AvgIpc) is 3.35. The third kappa shape index (κ3) is 3.17. The third-order valence-electron chi connectivity index (χ3n) is 4.54. The number of anilines is 1. The predicted octanol–water partition coefficient (Wildman–Crippen LogP) is 3.68. The van der Waals surface area contributed by atoms with Crippen LogP contribution in [0.3, 0.4) is 0 Å². The molecular formula is C20H13N3O5S. The molecule has 1 amide bonds. The molecule has 29 heavy (non-hydrogen) atoms. The van der Waals surface area contributed by atoms with Crippen molar-refractivity contribution in [1.29, 1.82) is 0 Å². The predicted molar refractivity (Wildman–Crippen MR) is 106 cm³/mol. The largest absolute Gasteiger partial charge is 0.507 e. The van der Waals surface area contributed by atoms with Gasteiger partial charge in [0.25, 0.3) is 11.5 Å². The van der Waals surface area contributed by atoms with Crippen LogP contribution in [0.15, 0.2) is 71.7 Å². The molecule has 3 aromatic rings. The molecule has 2 aromatic carbocycles. The Balaban J connectivity index is 1.92. The number of nitro benzene ring substituents is 1. The number of thiazole rings is 1. The molecule has 1 atom stereocenters. The Morgan fingerprint density at radius 3 is 2.38 bits per heavy atom. The Morgan fingerprint density at radius 1 is 1.10 bits per heavy atom. The minimum absolute atomic E-state index is 0.0924. The van der Waals surface area contributed by atoms with E-state index in [1.807, 2.05) is 0 Å². The van der Waals surface area contributed by atoms with Crippen molar-refractivity contribution in [2.24, 2.45) is 0 Å². The number of carbonyl (C=O) groups excluding carboxylic acids is 2. The van der Waals surface area contributed by atoms with Crippen LogP contribution in [0, 0.1) is 10.1 Å². The summed E-state index contributed by atoms with van der Waals surface area (Å²) in [5.74, 6) is -1.97. The van der Waals surface area contributed by atoms with Crippen LogP contribution in [0.2, 0.25) is 0 Å². The summed E-state index contributed by atoms with van der Waals surface area (Å²) in [4.78, 5) is 41.4. The normalized spacial score (nSPS) is 18.2. The van der Waals surface area contributed by atoms with E-state index in [0.717, 1.165) is 0 Å². The van der Waals surface area contributed by atoms with Crippen molar-refractivity contribution >= 4 is 39.6 Å². The van der Waals surface area contributed by atoms with E-state index in [2.05, 4.69) is 4.98 Å². The van der Waals surface area contributed by atoms with Gasteiger partial charge in [-0.3, -0.25) is 24.6 Å². The number of nitro groups is 1. The Hall–Kier alpha value is -3.85. The maximum Gasteiger partial charge on any atom is 0.301 e. The van der Waals surface area contributed by atoms with Crippen LogP contribution >= 0.6 is 11.3 Å². The summed E-state index contributed by atoms with van der Waals surface area (Å²) >= 11 is 1.17. The van der Waals surface area contributed by atoms with Gasteiger partial charge in [0.2, 0.25) is 0 Å². The summed E-state index contributed by atoms with van der Waals surface area (Å²) in [6, 6.07) is 13.0. The second kappa shape index (κ2) is 7.28. The van der Waals surface area contributed by atoms with Gasteiger partial charge in [-0.2, -0.15) is 0 Å². The smallest absolute Gasteiger partial charge is 0.301 e. The van der Waals surface area contributed by atoms with E-state index in [0.29, 0.717) is 16.3 Å². The van der Waals surface area contributed by atoms with Crippen molar-refractivity contribution in [2.45, 2.75) is 6.04 Å². The molecule has 1 N–H and O–H groups in total. The van der Waals surface area contributed by atoms with Crippen LogP contribution in [-0.2, 0) is 9.59 Å². The second-order valence-corrected chi connectivity index (χ2v) is 7.07. The zero-order valence-corrected chi connectivity index (χ0v) is 15.6. The minimum Gasteiger partial charge on any atom is -0.507 e. The van der Waals surface area contributed by atoms with Gasteiger partial charge in [0, 0.05) is 29.3 Å². The summed E-state index contributed by atoms with van der Waals surface area (Å²) in [6.07, 6.45) is 1.50. The quantitative estimate of drug-likeness (QED) is 0.232. The Kier molecular flexibility index (Phi) is 4.65. The van der Waals surface area contributed by atoms with Gasteiger partial charge in [0.1, 0.15) is 5.76 Å². The fraction of sp³-hybridized carbons (Fsp3) is 0.0500. The van der Waals surface area contributed by atoms with Crippen molar-refractivity contribution in [3.8, 4) is 0 Å². The van der Waals surface area contributed by atoms with Gasteiger partial charge in [-0.1, -0.05) is 30.3 Å². The van der Waals surface area contributed by atoms with Crippen LogP contribution in [0.4, 0.5) is 10.8 Å². The molecule has 0 spiro atoms. The number of rotatable bonds is 4. The summed E-state index contributed by atoms with van der Waals surface area (Å²) in [7, 11) is 0. The lowest BCUT2D eigenvalue weighted by Crippen LogP contribution is -2.29. The van der Waals surface area contributed by atoms with E-state index in [1.165, 1.54) is 46.7 Å². The lowest BCUT2D eigenvalue weighted by Gasteiger charge is -2.22. The highest BCUT2D eigenvalue weighted by atomic mass is 32.1. The summed E-state index contributed by atoms with van der Waals surface area (Å²) < 4.78 is 0. The second-order valence-electron chi connectivity index (χ2n) is 6.20. The van der Waals surface area contributed by atoms with Gasteiger partial charge in [0.05, 0.1) is 16.5 Å². The lowest BCUT2D eigenvalue weighted by molar-refractivity contribution is -0.384. The van der Waals surface area contributed by atoms with Crippen LogP contribution in [0.5, 0.6) is 0 Å². The Bertz CT molecular complexity index is 1120. The van der Waals surface area contributed by atoms with Gasteiger partial charge in [-0.15, -0.1) is 11.3 Å². The average molecular weight is 407 g/mol. The Morgan fingerprint density at radius 2 is 1.79 bits per heavy atom. The first-order chi connectivity index (χ1) is 14.0. The maximum absolute atomic E-state index is 12.8. The van der Waals surface area contributed by atoms with Gasteiger partial charge < -0.3 is 5.11 Å². The molecular weight excluding hydrogens is 394 g/mol. The number of nitrogens with zero attached hydrogens (tertiary/aromatic N) is 3. The molecule has 0 saturated carbocycles. The van der Waals surface area contributed by atoms with Crippen molar-refractivity contribution in [2.75, 3.05) is 4.90 Å². The first-order valence-corrected chi connectivity index (χ1v) is 9.37. The van der Waals surface area contributed by atoms with Gasteiger partial charge in [-0.25, -0.2) is 4.98 Å². The van der Waals surface area contributed by atoms with Crippen LogP contribution in [0.25, 0.3) is 5.76 Å². The molecule has 1 aliphatic rings. The molecule has 0 bridgehead atoms. The molecule has 4 rings (SSSR count). The van der Waals surface area contributed by atoms with Crippen molar-refractivity contribution in [3.63, 3.8) is 0 Å².